The lowest BCUT2D eigenvalue weighted by Gasteiger charge is -2.30. The first-order chi connectivity index (χ1) is 7.18. The number of carbonyl (C=O) groups is 1. The van der Waals surface area contributed by atoms with Crippen molar-refractivity contribution in [3.8, 4) is 0 Å². The summed E-state index contributed by atoms with van der Waals surface area (Å²) in [5, 5.41) is 0. The standard InChI is InChI=1S/C13H17NO/c1-10(2)9-14-12-6-4-3-5-11(12)7-8-13(14)15/h3-6,10H,7-9H2,1-2H3. The van der Waals surface area contributed by atoms with Crippen LogP contribution in [0.25, 0.3) is 0 Å². The quantitative estimate of drug-likeness (QED) is 0.723. The van der Waals surface area contributed by atoms with Crippen molar-refractivity contribution < 1.29 is 4.79 Å². The van der Waals surface area contributed by atoms with E-state index in [9.17, 15) is 4.79 Å². The fourth-order valence-corrected chi connectivity index (χ4v) is 2.06. The zero-order valence-corrected chi connectivity index (χ0v) is 9.36. The lowest BCUT2D eigenvalue weighted by Crippen LogP contribution is -2.37. The van der Waals surface area contributed by atoms with Crippen LogP contribution in [0, 0.1) is 5.92 Å². The van der Waals surface area contributed by atoms with E-state index in [-0.39, 0.29) is 5.91 Å². The smallest absolute Gasteiger partial charge is 0.227 e. The van der Waals surface area contributed by atoms with Crippen molar-refractivity contribution in [3.05, 3.63) is 29.8 Å². The Kier molecular flexibility index (Phi) is 2.76. The molecule has 1 amide bonds. The number of amides is 1. The molecule has 0 aromatic heterocycles. The molecule has 15 heavy (non-hydrogen) atoms. The van der Waals surface area contributed by atoms with Crippen LogP contribution in [-0.2, 0) is 11.2 Å². The van der Waals surface area contributed by atoms with Gasteiger partial charge in [-0.3, -0.25) is 4.79 Å². The molecule has 1 aromatic rings. The average molecular weight is 203 g/mol. The molecule has 1 heterocycles. The minimum absolute atomic E-state index is 0.266. The van der Waals surface area contributed by atoms with Gasteiger partial charge in [-0.25, -0.2) is 0 Å². The van der Waals surface area contributed by atoms with Gasteiger partial charge in [-0.15, -0.1) is 0 Å². The van der Waals surface area contributed by atoms with Gasteiger partial charge in [0.05, 0.1) is 0 Å². The molecule has 1 aliphatic rings. The van der Waals surface area contributed by atoms with E-state index >= 15 is 0 Å². The summed E-state index contributed by atoms with van der Waals surface area (Å²) >= 11 is 0. The monoisotopic (exact) mass is 203 g/mol. The molecule has 0 unspecified atom stereocenters. The van der Waals surface area contributed by atoms with E-state index in [1.807, 2.05) is 17.0 Å². The third kappa shape index (κ3) is 2.04. The summed E-state index contributed by atoms with van der Waals surface area (Å²) in [6.07, 6.45) is 1.55. The highest BCUT2D eigenvalue weighted by molar-refractivity contribution is 5.96. The van der Waals surface area contributed by atoms with Crippen LogP contribution in [-0.4, -0.2) is 12.5 Å². The van der Waals surface area contributed by atoms with Crippen LogP contribution in [0.15, 0.2) is 24.3 Å². The molecule has 1 aliphatic heterocycles. The van der Waals surface area contributed by atoms with Crippen LogP contribution in [0.2, 0.25) is 0 Å². The number of hydrogen-bond acceptors (Lipinski definition) is 1. The Labute approximate surface area is 90.9 Å². The van der Waals surface area contributed by atoms with Gasteiger partial charge in [-0.2, -0.15) is 0 Å². The van der Waals surface area contributed by atoms with Gasteiger partial charge in [0, 0.05) is 18.7 Å². The van der Waals surface area contributed by atoms with Crippen molar-refractivity contribution in [2.24, 2.45) is 5.92 Å². The second kappa shape index (κ2) is 4.05. The zero-order valence-electron chi connectivity index (χ0n) is 9.36. The Morgan fingerprint density at radius 3 is 2.73 bits per heavy atom. The highest BCUT2D eigenvalue weighted by Gasteiger charge is 2.23. The van der Waals surface area contributed by atoms with Gasteiger partial charge >= 0.3 is 0 Å². The molecule has 2 rings (SSSR count). The zero-order chi connectivity index (χ0) is 10.8. The normalized spacial score (nSPS) is 15.7. The molecule has 1 aromatic carbocycles. The van der Waals surface area contributed by atoms with E-state index in [0.717, 1.165) is 18.7 Å². The first-order valence-electron chi connectivity index (χ1n) is 5.56. The van der Waals surface area contributed by atoms with Crippen LogP contribution in [0.1, 0.15) is 25.8 Å². The van der Waals surface area contributed by atoms with Gasteiger partial charge in [0.2, 0.25) is 5.91 Å². The van der Waals surface area contributed by atoms with E-state index in [2.05, 4.69) is 26.0 Å². The number of rotatable bonds is 2. The molecule has 0 spiro atoms. The van der Waals surface area contributed by atoms with Crippen LogP contribution in [0.5, 0.6) is 0 Å². The lowest BCUT2D eigenvalue weighted by atomic mass is 10.00. The third-order valence-corrected chi connectivity index (χ3v) is 2.74. The fraction of sp³-hybridized carbons (Fsp3) is 0.462. The molecule has 0 fully saturated rings. The molecule has 0 N–H and O–H groups in total. The lowest BCUT2D eigenvalue weighted by molar-refractivity contribution is -0.119. The van der Waals surface area contributed by atoms with Crippen molar-refractivity contribution in [3.63, 3.8) is 0 Å². The minimum Gasteiger partial charge on any atom is -0.312 e. The number of nitrogens with zero attached hydrogens (tertiary/aromatic N) is 1. The second-order valence-corrected chi connectivity index (χ2v) is 4.53. The first-order valence-corrected chi connectivity index (χ1v) is 5.56. The summed E-state index contributed by atoms with van der Waals surface area (Å²) < 4.78 is 0. The van der Waals surface area contributed by atoms with E-state index in [1.54, 1.807) is 0 Å². The van der Waals surface area contributed by atoms with Gasteiger partial charge in [-0.05, 0) is 24.0 Å². The molecule has 0 radical (unpaired) electrons. The van der Waals surface area contributed by atoms with Crippen LogP contribution in [0.3, 0.4) is 0 Å². The van der Waals surface area contributed by atoms with Crippen molar-refractivity contribution in [1.82, 2.24) is 0 Å². The third-order valence-electron chi connectivity index (χ3n) is 2.74. The van der Waals surface area contributed by atoms with Crippen LogP contribution < -0.4 is 4.90 Å². The average Bonchev–Trinajstić information content (AvgIpc) is 2.22. The van der Waals surface area contributed by atoms with Crippen molar-refractivity contribution in [1.29, 1.82) is 0 Å². The molecule has 0 saturated heterocycles. The van der Waals surface area contributed by atoms with Crippen molar-refractivity contribution >= 4 is 11.6 Å². The number of aryl methyl sites for hydroxylation is 1. The summed E-state index contributed by atoms with van der Waals surface area (Å²) in [6, 6.07) is 8.22. The van der Waals surface area contributed by atoms with Gasteiger partial charge in [0.1, 0.15) is 0 Å². The maximum absolute atomic E-state index is 11.8. The Hall–Kier alpha value is -1.31. The van der Waals surface area contributed by atoms with Crippen LogP contribution >= 0.6 is 0 Å². The topological polar surface area (TPSA) is 20.3 Å². The molecule has 2 nitrogen and oxygen atoms in total. The molecular weight excluding hydrogens is 186 g/mol. The maximum atomic E-state index is 11.8. The number of para-hydroxylation sites is 1. The number of carbonyl (C=O) groups excluding carboxylic acids is 1. The Morgan fingerprint density at radius 1 is 1.27 bits per heavy atom. The van der Waals surface area contributed by atoms with Crippen LogP contribution in [0.4, 0.5) is 5.69 Å². The number of hydrogen-bond donors (Lipinski definition) is 0. The van der Waals surface area contributed by atoms with E-state index < -0.39 is 0 Å². The van der Waals surface area contributed by atoms with Crippen molar-refractivity contribution in [2.75, 3.05) is 11.4 Å². The molecule has 0 aliphatic carbocycles. The Balaban J connectivity index is 2.33. The SMILES string of the molecule is CC(C)CN1C(=O)CCc2ccccc21. The van der Waals surface area contributed by atoms with Gasteiger partial charge in [0.25, 0.3) is 0 Å². The summed E-state index contributed by atoms with van der Waals surface area (Å²) in [6.45, 7) is 5.12. The Bertz CT molecular complexity index is 371. The minimum atomic E-state index is 0.266. The van der Waals surface area contributed by atoms with Gasteiger partial charge in [0.15, 0.2) is 0 Å². The maximum Gasteiger partial charge on any atom is 0.227 e. The second-order valence-electron chi connectivity index (χ2n) is 4.53. The molecule has 0 atom stereocenters. The predicted octanol–water partition coefficient (Wildman–Crippen LogP) is 2.62. The fourth-order valence-electron chi connectivity index (χ4n) is 2.06. The summed E-state index contributed by atoms with van der Waals surface area (Å²) in [7, 11) is 0. The molecule has 2 heteroatoms. The van der Waals surface area contributed by atoms with E-state index in [4.69, 9.17) is 0 Å². The number of benzene rings is 1. The van der Waals surface area contributed by atoms with E-state index in [1.165, 1.54) is 5.56 Å². The highest BCUT2D eigenvalue weighted by Crippen LogP contribution is 2.27. The molecule has 0 bridgehead atoms. The number of anilines is 1. The highest BCUT2D eigenvalue weighted by atomic mass is 16.2. The first kappa shape index (κ1) is 10.2. The Morgan fingerprint density at radius 2 is 2.00 bits per heavy atom. The summed E-state index contributed by atoms with van der Waals surface area (Å²) in [5.41, 5.74) is 2.42. The van der Waals surface area contributed by atoms with Gasteiger partial charge in [-0.1, -0.05) is 32.0 Å². The summed E-state index contributed by atoms with van der Waals surface area (Å²) in [4.78, 5) is 13.8. The van der Waals surface area contributed by atoms with Crippen molar-refractivity contribution in [2.45, 2.75) is 26.7 Å². The molecule has 80 valence electrons. The summed E-state index contributed by atoms with van der Waals surface area (Å²) in [5.74, 6) is 0.780. The van der Waals surface area contributed by atoms with Gasteiger partial charge < -0.3 is 4.90 Å². The molecular formula is C13H17NO. The predicted molar refractivity (Wildman–Crippen MR) is 62.0 cm³/mol. The largest absolute Gasteiger partial charge is 0.312 e. The molecule has 0 saturated carbocycles. The van der Waals surface area contributed by atoms with E-state index in [0.29, 0.717) is 12.3 Å². The number of fused-ring (bicyclic) bond motifs is 1.